The molecule has 0 radical (unpaired) electrons. The third-order valence-corrected chi connectivity index (χ3v) is 6.05. The molecule has 1 fully saturated rings. The van der Waals surface area contributed by atoms with Gasteiger partial charge in [0.05, 0.1) is 38.6 Å². The van der Waals surface area contributed by atoms with E-state index in [2.05, 4.69) is 4.99 Å². The number of nitrogens with zero attached hydrogens (tertiary/aromatic N) is 4. The van der Waals surface area contributed by atoms with Crippen LogP contribution in [0.15, 0.2) is 57.0 Å². The summed E-state index contributed by atoms with van der Waals surface area (Å²) in [6, 6.07) is 12.0. The number of rotatable bonds is 8. The predicted octanol–water partition coefficient (Wildman–Crippen LogP) is 2.41. The van der Waals surface area contributed by atoms with E-state index >= 15 is 0 Å². The zero-order valence-electron chi connectivity index (χ0n) is 22.0. The predicted molar refractivity (Wildman–Crippen MR) is 143 cm³/mol. The van der Waals surface area contributed by atoms with Crippen molar-refractivity contribution >= 4 is 17.3 Å². The zero-order valence-corrected chi connectivity index (χ0v) is 22.8. The second-order valence-corrected chi connectivity index (χ2v) is 10.1. The molecule has 1 saturated heterocycles. The summed E-state index contributed by atoms with van der Waals surface area (Å²) in [4.78, 5) is 31.5. The smallest absolute Gasteiger partial charge is 0.353 e. The van der Waals surface area contributed by atoms with Crippen LogP contribution in [0.2, 0.25) is 5.02 Å². The molecule has 38 heavy (non-hydrogen) atoms. The molecule has 1 aromatic heterocycles. The minimum atomic E-state index is -0.810. The summed E-state index contributed by atoms with van der Waals surface area (Å²) in [5.41, 5.74) is -0.202. The summed E-state index contributed by atoms with van der Waals surface area (Å²) in [5, 5.41) is 0.557. The number of aromatic nitrogens is 3. The monoisotopic (exact) mass is 545 g/mol. The third-order valence-electron chi connectivity index (χ3n) is 5.80. The molecule has 2 aromatic carbocycles. The van der Waals surface area contributed by atoms with Gasteiger partial charge in [-0.15, -0.1) is 0 Å². The van der Waals surface area contributed by atoms with E-state index in [0.717, 1.165) is 14.8 Å². The highest BCUT2D eigenvalue weighted by molar-refractivity contribution is 6.30. The standard InChI is InChI=1S/C26H32ClN5O6/c1-16(2)37-21-11-10-19(12-22(21)35-5)29-23-30(13-17-6-8-18(27)9-7-17)24(33)31(25(34)32(23)28)14-20-15-36-26(3,4)38-20/h6-12,16,20H,13-15,28H2,1-5H3/t20-/m0/s1. The first-order valence-electron chi connectivity index (χ1n) is 12.1. The van der Waals surface area contributed by atoms with Gasteiger partial charge in [-0.25, -0.2) is 19.1 Å². The topological polar surface area (TPSA) is 124 Å². The van der Waals surface area contributed by atoms with Crippen molar-refractivity contribution in [1.82, 2.24) is 13.8 Å². The maximum absolute atomic E-state index is 13.7. The van der Waals surface area contributed by atoms with Gasteiger partial charge in [-0.2, -0.15) is 4.68 Å². The van der Waals surface area contributed by atoms with Crippen LogP contribution >= 0.6 is 11.6 Å². The molecule has 0 bridgehead atoms. The van der Waals surface area contributed by atoms with Gasteiger partial charge in [-0.1, -0.05) is 23.7 Å². The van der Waals surface area contributed by atoms with Crippen molar-refractivity contribution in [2.45, 2.75) is 58.8 Å². The van der Waals surface area contributed by atoms with E-state index in [9.17, 15) is 9.59 Å². The molecule has 2 heterocycles. The van der Waals surface area contributed by atoms with Crippen molar-refractivity contribution in [3.8, 4) is 11.5 Å². The van der Waals surface area contributed by atoms with E-state index in [1.807, 2.05) is 13.8 Å². The minimum absolute atomic E-state index is 0.0335. The van der Waals surface area contributed by atoms with Gasteiger partial charge in [0.25, 0.3) is 0 Å². The highest BCUT2D eigenvalue weighted by atomic mass is 35.5. The Balaban J connectivity index is 1.86. The fraction of sp³-hybridized carbons (Fsp3) is 0.423. The first-order valence-corrected chi connectivity index (χ1v) is 12.5. The molecule has 3 aromatic rings. The van der Waals surface area contributed by atoms with E-state index in [1.165, 1.54) is 11.7 Å². The van der Waals surface area contributed by atoms with Crippen molar-refractivity contribution in [2.75, 3.05) is 19.6 Å². The normalized spacial score (nSPS) is 17.2. The molecule has 1 aliphatic heterocycles. The highest BCUT2D eigenvalue weighted by Gasteiger charge is 2.33. The third kappa shape index (κ3) is 6.12. The Kier molecular flexibility index (Phi) is 8.00. The van der Waals surface area contributed by atoms with E-state index in [1.54, 1.807) is 56.3 Å². The first-order chi connectivity index (χ1) is 18.0. The van der Waals surface area contributed by atoms with Gasteiger partial charge >= 0.3 is 11.4 Å². The lowest BCUT2D eigenvalue weighted by Crippen LogP contribution is -2.58. The fourth-order valence-corrected chi connectivity index (χ4v) is 4.22. The molecule has 204 valence electrons. The molecule has 1 aliphatic rings. The molecule has 2 N–H and O–H groups in total. The molecule has 11 nitrogen and oxygen atoms in total. The molecule has 12 heteroatoms. The second kappa shape index (κ2) is 11.1. The van der Waals surface area contributed by atoms with Gasteiger partial charge in [0, 0.05) is 11.1 Å². The maximum Gasteiger partial charge on any atom is 0.353 e. The summed E-state index contributed by atoms with van der Waals surface area (Å²) in [5.74, 6) is 6.43. The molecular weight excluding hydrogens is 514 g/mol. The first kappa shape index (κ1) is 27.5. The van der Waals surface area contributed by atoms with Crippen LogP contribution in [0.1, 0.15) is 33.3 Å². The fourth-order valence-electron chi connectivity index (χ4n) is 4.09. The largest absolute Gasteiger partial charge is 0.493 e. The number of nitrogens with two attached hydrogens (primary N) is 1. The van der Waals surface area contributed by atoms with Crippen molar-refractivity contribution < 1.29 is 18.9 Å². The zero-order chi connectivity index (χ0) is 27.6. The lowest BCUT2D eigenvalue weighted by molar-refractivity contribution is -0.139. The molecule has 0 amide bonds. The van der Waals surface area contributed by atoms with Crippen LogP contribution < -0.4 is 32.3 Å². The Bertz CT molecular complexity index is 1490. The Morgan fingerprint density at radius 1 is 1.11 bits per heavy atom. The number of nitrogen functional groups attached to an aromatic ring is 1. The lowest BCUT2D eigenvalue weighted by atomic mass is 10.2. The Morgan fingerprint density at radius 3 is 2.42 bits per heavy atom. The van der Waals surface area contributed by atoms with E-state index < -0.39 is 23.3 Å². The number of halogens is 1. The van der Waals surface area contributed by atoms with Crippen LogP contribution in [0.4, 0.5) is 5.69 Å². The van der Waals surface area contributed by atoms with Gasteiger partial charge in [0.15, 0.2) is 17.3 Å². The Labute approximate surface area is 224 Å². The van der Waals surface area contributed by atoms with E-state index in [4.69, 9.17) is 36.4 Å². The van der Waals surface area contributed by atoms with Crippen LogP contribution in [0, 0.1) is 0 Å². The quantitative estimate of drug-likeness (QED) is 0.431. The average Bonchev–Trinajstić information content (AvgIpc) is 3.22. The van der Waals surface area contributed by atoms with Gasteiger partial charge in [0.1, 0.15) is 6.10 Å². The van der Waals surface area contributed by atoms with Crippen LogP contribution in [-0.2, 0) is 22.6 Å². The summed E-state index contributed by atoms with van der Waals surface area (Å²) in [7, 11) is 1.52. The summed E-state index contributed by atoms with van der Waals surface area (Å²) >= 11 is 6.04. The van der Waals surface area contributed by atoms with Crippen LogP contribution in [0.5, 0.6) is 11.5 Å². The summed E-state index contributed by atoms with van der Waals surface area (Å²) in [6.45, 7) is 7.64. The van der Waals surface area contributed by atoms with Gasteiger partial charge in [-0.3, -0.25) is 4.57 Å². The lowest BCUT2D eigenvalue weighted by Gasteiger charge is -2.18. The van der Waals surface area contributed by atoms with E-state index in [-0.39, 0.29) is 31.4 Å². The molecule has 0 aliphatic carbocycles. The number of ether oxygens (including phenoxy) is 4. The van der Waals surface area contributed by atoms with Crippen molar-refractivity contribution in [1.29, 1.82) is 0 Å². The van der Waals surface area contributed by atoms with Crippen molar-refractivity contribution in [2.24, 2.45) is 4.99 Å². The van der Waals surface area contributed by atoms with Gasteiger partial charge in [0.2, 0.25) is 5.62 Å². The SMILES string of the molecule is COc1cc(N=c2n(N)c(=O)n(C[C@H]3COC(C)(C)O3)c(=O)n2Cc2ccc(Cl)cc2)ccc1OC(C)C. The second-order valence-electron chi connectivity index (χ2n) is 9.62. The van der Waals surface area contributed by atoms with Gasteiger partial charge < -0.3 is 24.8 Å². The molecular formula is C26H32ClN5O6. The Hall–Kier alpha value is -3.54. The van der Waals surface area contributed by atoms with Crippen LogP contribution in [-0.4, -0.2) is 45.5 Å². The molecule has 0 unspecified atom stereocenters. The van der Waals surface area contributed by atoms with Crippen LogP contribution in [0.3, 0.4) is 0 Å². The van der Waals surface area contributed by atoms with E-state index in [0.29, 0.717) is 22.2 Å². The number of hydrogen-bond acceptors (Lipinski definition) is 8. The van der Waals surface area contributed by atoms with Crippen molar-refractivity contribution in [3.05, 3.63) is 79.6 Å². The number of methoxy groups -OCH3 is 1. The highest BCUT2D eigenvalue weighted by Crippen LogP contribution is 2.32. The minimum Gasteiger partial charge on any atom is -0.493 e. The average molecular weight is 546 g/mol. The molecule has 0 spiro atoms. The number of benzene rings is 2. The Morgan fingerprint density at radius 2 is 1.82 bits per heavy atom. The summed E-state index contributed by atoms with van der Waals surface area (Å²) in [6.07, 6.45) is -0.560. The van der Waals surface area contributed by atoms with Crippen LogP contribution in [0.25, 0.3) is 0 Å². The number of hydrogen-bond donors (Lipinski definition) is 1. The maximum atomic E-state index is 13.7. The van der Waals surface area contributed by atoms with Gasteiger partial charge in [-0.05, 0) is 57.5 Å². The summed E-state index contributed by atoms with van der Waals surface area (Å²) < 4.78 is 25.9. The molecule has 0 saturated carbocycles. The molecule has 1 atom stereocenters. The molecule has 4 rings (SSSR count). The van der Waals surface area contributed by atoms with Crippen molar-refractivity contribution in [3.63, 3.8) is 0 Å².